The molecule has 0 aliphatic carbocycles. The normalized spacial score (nSPS) is 10.9. The minimum absolute atomic E-state index is 0.0387. The Bertz CT molecular complexity index is 1360. The van der Waals surface area contributed by atoms with E-state index in [4.69, 9.17) is 19.6 Å². The lowest BCUT2D eigenvalue weighted by molar-refractivity contribution is 0.102. The molecule has 3 N–H and O–H groups in total. The summed E-state index contributed by atoms with van der Waals surface area (Å²) in [6.07, 6.45) is 0. The summed E-state index contributed by atoms with van der Waals surface area (Å²) in [5.74, 6) is 1.73. The number of nitrogens with two attached hydrogens (primary N) is 1. The quantitative estimate of drug-likeness (QED) is 0.425. The maximum absolute atomic E-state index is 12.8. The van der Waals surface area contributed by atoms with Gasteiger partial charge < -0.3 is 24.9 Å². The van der Waals surface area contributed by atoms with Crippen molar-refractivity contribution in [3.63, 3.8) is 0 Å². The zero-order chi connectivity index (χ0) is 24.4. The van der Waals surface area contributed by atoms with Crippen LogP contribution in [0.3, 0.4) is 0 Å². The topological polar surface area (TPSA) is 130 Å². The lowest BCUT2D eigenvalue weighted by Crippen LogP contribution is -2.16. The minimum atomic E-state index is -0.434. The molecule has 34 heavy (non-hydrogen) atoms. The highest BCUT2D eigenvalue weighted by Crippen LogP contribution is 2.38. The summed E-state index contributed by atoms with van der Waals surface area (Å²) in [6.45, 7) is 5.88. The maximum atomic E-state index is 12.8. The van der Waals surface area contributed by atoms with Crippen LogP contribution in [0.15, 0.2) is 40.8 Å². The largest absolute Gasteiger partial charge is 0.493 e. The smallest absolute Gasteiger partial charge is 0.280 e. The Hall–Kier alpha value is -4.34. The van der Waals surface area contributed by atoms with E-state index < -0.39 is 5.91 Å². The van der Waals surface area contributed by atoms with Gasteiger partial charge in [-0.3, -0.25) is 4.79 Å². The van der Waals surface area contributed by atoms with Gasteiger partial charge in [-0.05, 0) is 50.1 Å². The third kappa shape index (κ3) is 4.17. The first-order valence-electron chi connectivity index (χ1n) is 10.6. The van der Waals surface area contributed by atoms with Gasteiger partial charge in [0.1, 0.15) is 11.5 Å². The van der Waals surface area contributed by atoms with Gasteiger partial charge in [-0.1, -0.05) is 23.4 Å². The number of nitrogen functional groups attached to an aromatic ring is 1. The molecular formula is C24H26N6O4. The molecule has 0 unspecified atom stereocenters. The second-order valence-corrected chi connectivity index (χ2v) is 7.75. The van der Waals surface area contributed by atoms with Crippen LogP contribution in [0.1, 0.15) is 33.1 Å². The van der Waals surface area contributed by atoms with E-state index in [9.17, 15) is 4.79 Å². The van der Waals surface area contributed by atoms with Crippen molar-refractivity contribution in [1.29, 1.82) is 0 Å². The third-order valence-electron chi connectivity index (χ3n) is 5.67. The van der Waals surface area contributed by atoms with Gasteiger partial charge in [0.25, 0.3) is 5.91 Å². The van der Waals surface area contributed by atoms with Crippen LogP contribution in [-0.2, 0) is 6.54 Å². The highest BCUT2D eigenvalue weighted by molar-refractivity contribution is 6.06. The van der Waals surface area contributed by atoms with E-state index >= 15 is 0 Å². The Morgan fingerprint density at radius 1 is 1.12 bits per heavy atom. The van der Waals surface area contributed by atoms with Crippen molar-refractivity contribution < 1.29 is 18.7 Å². The van der Waals surface area contributed by atoms with Crippen molar-refractivity contribution in [2.45, 2.75) is 27.3 Å². The highest BCUT2D eigenvalue weighted by Gasteiger charge is 2.22. The fraction of sp³-hybridized carbons (Fsp3) is 0.250. The molecule has 4 rings (SSSR count). The Kier molecular flexibility index (Phi) is 6.22. The molecule has 2 aromatic heterocycles. The fourth-order valence-electron chi connectivity index (χ4n) is 3.55. The van der Waals surface area contributed by atoms with Crippen molar-refractivity contribution in [3.05, 3.63) is 64.7 Å². The predicted molar refractivity (Wildman–Crippen MR) is 127 cm³/mol. The zero-order valence-corrected chi connectivity index (χ0v) is 19.7. The summed E-state index contributed by atoms with van der Waals surface area (Å²) < 4.78 is 18.1. The number of carbonyl (C=O) groups is 1. The van der Waals surface area contributed by atoms with Crippen molar-refractivity contribution >= 4 is 17.4 Å². The fourth-order valence-corrected chi connectivity index (χ4v) is 3.55. The Labute approximate surface area is 196 Å². The maximum Gasteiger partial charge on any atom is 0.280 e. The van der Waals surface area contributed by atoms with E-state index in [1.807, 2.05) is 44.2 Å². The molecule has 0 aliphatic heterocycles. The molecule has 176 valence electrons. The van der Waals surface area contributed by atoms with Gasteiger partial charge in [0, 0.05) is 5.69 Å². The van der Waals surface area contributed by atoms with E-state index in [1.54, 1.807) is 27.2 Å². The Morgan fingerprint density at radius 3 is 2.62 bits per heavy atom. The van der Waals surface area contributed by atoms with E-state index in [2.05, 4.69) is 20.6 Å². The number of nitrogens with one attached hydrogen (secondary N) is 1. The number of para-hydroxylation sites is 1. The molecule has 10 nitrogen and oxygen atoms in total. The Morgan fingerprint density at radius 2 is 1.88 bits per heavy atom. The molecule has 0 saturated heterocycles. The summed E-state index contributed by atoms with van der Waals surface area (Å²) in [5.41, 5.74) is 10.2. The lowest BCUT2D eigenvalue weighted by atomic mass is 10.1. The second kappa shape index (κ2) is 9.26. The molecule has 0 radical (unpaired) electrons. The number of anilines is 2. The number of aryl methyl sites for hydroxylation is 2. The number of rotatable bonds is 7. The van der Waals surface area contributed by atoms with Gasteiger partial charge in [0.05, 0.1) is 26.3 Å². The number of hydrogen-bond donors (Lipinski definition) is 2. The average molecular weight is 463 g/mol. The van der Waals surface area contributed by atoms with E-state index in [0.717, 1.165) is 11.1 Å². The number of oxazole rings is 1. The number of nitrogens with zero attached hydrogens (tertiary/aromatic N) is 4. The predicted octanol–water partition coefficient (Wildman–Crippen LogP) is 3.76. The molecule has 1 amide bonds. The van der Waals surface area contributed by atoms with E-state index in [0.29, 0.717) is 40.1 Å². The SMILES string of the molecule is COc1cccc(-c2nc(Cn3nnc(C(=O)Nc4cccc(C)c4C)c3N)c(C)o2)c1OC. The Balaban J connectivity index is 1.58. The van der Waals surface area contributed by atoms with Gasteiger partial charge >= 0.3 is 0 Å². The van der Waals surface area contributed by atoms with Crippen molar-refractivity contribution in [3.8, 4) is 23.0 Å². The van der Waals surface area contributed by atoms with Crippen LogP contribution < -0.4 is 20.5 Å². The van der Waals surface area contributed by atoms with E-state index in [-0.39, 0.29) is 18.1 Å². The molecular weight excluding hydrogens is 436 g/mol. The molecule has 2 heterocycles. The number of aromatic nitrogens is 4. The first-order chi connectivity index (χ1) is 16.3. The molecule has 0 fully saturated rings. The number of amides is 1. The van der Waals surface area contributed by atoms with Crippen LogP contribution in [0.4, 0.5) is 11.5 Å². The van der Waals surface area contributed by atoms with Gasteiger partial charge in [0.15, 0.2) is 23.0 Å². The number of ether oxygens (including phenoxy) is 2. The first-order valence-corrected chi connectivity index (χ1v) is 10.6. The van der Waals surface area contributed by atoms with Crippen molar-refractivity contribution in [2.75, 3.05) is 25.3 Å². The van der Waals surface area contributed by atoms with Gasteiger partial charge in [-0.25, -0.2) is 9.67 Å². The molecule has 0 aliphatic rings. The molecule has 4 aromatic rings. The number of carbonyl (C=O) groups excluding carboxylic acids is 1. The summed E-state index contributed by atoms with van der Waals surface area (Å²) >= 11 is 0. The molecule has 0 atom stereocenters. The minimum Gasteiger partial charge on any atom is -0.493 e. The van der Waals surface area contributed by atoms with Crippen LogP contribution in [0.2, 0.25) is 0 Å². The van der Waals surface area contributed by atoms with Gasteiger partial charge in [0.2, 0.25) is 5.89 Å². The van der Waals surface area contributed by atoms with Crippen LogP contribution in [0.5, 0.6) is 11.5 Å². The summed E-state index contributed by atoms with van der Waals surface area (Å²) in [5, 5.41) is 10.9. The average Bonchev–Trinajstić information content (AvgIpc) is 3.38. The molecule has 0 spiro atoms. The van der Waals surface area contributed by atoms with Crippen LogP contribution in [0.25, 0.3) is 11.5 Å². The molecule has 0 saturated carbocycles. The van der Waals surface area contributed by atoms with Crippen molar-refractivity contribution in [2.24, 2.45) is 0 Å². The van der Waals surface area contributed by atoms with Gasteiger partial charge in [-0.2, -0.15) is 0 Å². The van der Waals surface area contributed by atoms with Crippen LogP contribution in [0, 0.1) is 20.8 Å². The highest BCUT2D eigenvalue weighted by atomic mass is 16.5. The first kappa shape index (κ1) is 22.8. The van der Waals surface area contributed by atoms with Gasteiger partial charge in [-0.15, -0.1) is 5.10 Å². The summed E-state index contributed by atoms with van der Waals surface area (Å²) in [4.78, 5) is 17.4. The second-order valence-electron chi connectivity index (χ2n) is 7.75. The summed E-state index contributed by atoms with van der Waals surface area (Å²) in [6, 6.07) is 11.1. The lowest BCUT2D eigenvalue weighted by Gasteiger charge is -2.10. The summed E-state index contributed by atoms with van der Waals surface area (Å²) in [7, 11) is 3.12. The molecule has 0 bridgehead atoms. The number of hydrogen-bond acceptors (Lipinski definition) is 8. The zero-order valence-electron chi connectivity index (χ0n) is 19.7. The van der Waals surface area contributed by atoms with Crippen molar-refractivity contribution in [1.82, 2.24) is 20.0 Å². The number of benzene rings is 2. The molecule has 2 aromatic carbocycles. The van der Waals surface area contributed by atoms with E-state index in [1.165, 1.54) is 4.68 Å². The molecule has 10 heteroatoms. The monoisotopic (exact) mass is 462 g/mol. The third-order valence-corrected chi connectivity index (χ3v) is 5.67. The number of methoxy groups -OCH3 is 2. The van der Waals surface area contributed by atoms with Crippen LogP contribution >= 0.6 is 0 Å². The standard InChI is InChI=1S/C24H26N6O4/c1-13-8-6-10-17(14(13)2)26-23(31)20-22(25)30(29-28-20)12-18-15(3)34-24(27-18)16-9-7-11-19(32-4)21(16)33-5/h6-11H,12,25H2,1-5H3,(H,26,31). The van der Waals surface area contributed by atoms with Crippen LogP contribution in [-0.4, -0.2) is 40.1 Å².